The number of nitrogens with one attached hydrogen (secondary N) is 2. The van der Waals surface area contributed by atoms with Crippen molar-refractivity contribution in [3.05, 3.63) is 47.4 Å². The molecule has 0 saturated heterocycles. The Hall–Kier alpha value is -2.37. The Labute approximate surface area is 124 Å². The van der Waals surface area contributed by atoms with Crippen molar-refractivity contribution in [3.8, 4) is 0 Å². The van der Waals surface area contributed by atoms with E-state index in [0.717, 1.165) is 29.7 Å². The monoisotopic (exact) mass is 287 g/mol. The lowest BCUT2D eigenvalue weighted by Crippen LogP contribution is -2.36. The molecule has 0 amide bonds. The molecule has 0 aliphatic carbocycles. The maximum absolute atomic E-state index is 5.54. The molecule has 2 aromatic rings. The van der Waals surface area contributed by atoms with E-state index in [1.165, 1.54) is 0 Å². The zero-order chi connectivity index (χ0) is 15.1. The molecule has 2 N–H and O–H groups in total. The highest BCUT2D eigenvalue weighted by atomic mass is 16.4. The van der Waals surface area contributed by atoms with Gasteiger partial charge in [-0.1, -0.05) is 6.07 Å². The van der Waals surface area contributed by atoms with Crippen molar-refractivity contribution in [1.82, 2.24) is 20.6 Å². The number of hydrogen-bond donors (Lipinski definition) is 2. The van der Waals surface area contributed by atoms with Crippen molar-refractivity contribution in [3.63, 3.8) is 0 Å². The first-order valence-electron chi connectivity index (χ1n) is 7.04. The summed E-state index contributed by atoms with van der Waals surface area (Å²) in [5.74, 6) is 2.23. The van der Waals surface area contributed by atoms with Crippen molar-refractivity contribution < 1.29 is 4.42 Å². The van der Waals surface area contributed by atoms with Gasteiger partial charge < -0.3 is 15.1 Å². The Morgan fingerprint density at radius 3 is 2.76 bits per heavy atom. The van der Waals surface area contributed by atoms with Crippen LogP contribution < -0.4 is 10.6 Å². The van der Waals surface area contributed by atoms with Gasteiger partial charge in [0.15, 0.2) is 5.96 Å². The van der Waals surface area contributed by atoms with Gasteiger partial charge in [0.2, 0.25) is 5.89 Å². The second-order valence-corrected chi connectivity index (χ2v) is 4.62. The highest BCUT2D eigenvalue weighted by molar-refractivity contribution is 5.79. The minimum absolute atomic E-state index is 0.503. The lowest BCUT2D eigenvalue weighted by Gasteiger charge is -2.09. The molecule has 0 atom stereocenters. The predicted octanol–water partition coefficient (Wildman–Crippen LogP) is 1.94. The third kappa shape index (κ3) is 4.59. The van der Waals surface area contributed by atoms with Crippen LogP contribution in [0.15, 0.2) is 33.8 Å². The fourth-order valence-corrected chi connectivity index (χ4v) is 1.77. The topological polar surface area (TPSA) is 75.3 Å². The van der Waals surface area contributed by atoms with Crippen molar-refractivity contribution in [2.24, 2.45) is 4.99 Å². The standard InChI is InChI=1S/C15H21N5O/c1-4-16-15(18-9-13-7-5-6-8-17-13)19-10-14-20-11(2)12(3)21-14/h5-8H,4,9-10H2,1-3H3,(H2,16,18,19). The van der Waals surface area contributed by atoms with Crippen molar-refractivity contribution in [2.75, 3.05) is 6.54 Å². The molecule has 0 spiro atoms. The summed E-state index contributed by atoms with van der Waals surface area (Å²) in [7, 11) is 0. The molecular formula is C15H21N5O. The molecule has 6 heteroatoms. The molecule has 2 heterocycles. The minimum atomic E-state index is 0.503. The zero-order valence-electron chi connectivity index (χ0n) is 12.7. The van der Waals surface area contributed by atoms with Gasteiger partial charge in [0.05, 0.1) is 24.5 Å². The largest absolute Gasteiger partial charge is 0.444 e. The average molecular weight is 287 g/mol. The summed E-state index contributed by atoms with van der Waals surface area (Å²) in [6.45, 7) is 7.69. The third-order valence-electron chi connectivity index (χ3n) is 2.95. The number of rotatable bonds is 5. The van der Waals surface area contributed by atoms with E-state index in [4.69, 9.17) is 4.42 Å². The minimum Gasteiger partial charge on any atom is -0.444 e. The lowest BCUT2D eigenvalue weighted by atomic mass is 10.3. The molecule has 2 rings (SSSR count). The van der Waals surface area contributed by atoms with E-state index in [0.29, 0.717) is 19.0 Å². The molecule has 6 nitrogen and oxygen atoms in total. The number of aryl methyl sites for hydroxylation is 2. The van der Waals surface area contributed by atoms with Gasteiger partial charge in [-0.25, -0.2) is 9.98 Å². The van der Waals surface area contributed by atoms with Crippen LogP contribution in [-0.2, 0) is 13.1 Å². The smallest absolute Gasteiger partial charge is 0.214 e. The van der Waals surface area contributed by atoms with Crippen LogP contribution in [0.2, 0.25) is 0 Å². The fourth-order valence-electron chi connectivity index (χ4n) is 1.77. The molecule has 0 unspecified atom stereocenters. The molecule has 0 radical (unpaired) electrons. The molecule has 112 valence electrons. The first-order valence-corrected chi connectivity index (χ1v) is 7.04. The summed E-state index contributed by atoms with van der Waals surface area (Å²) in [5, 5.41) is 6.39. The van der Waals surface area contributed by atoms with E-state index in [-0.39, 0.29) is 0 Å². The van der Waals surface area contributed by atoms with Gasteiger partial charge in [-0.2, -0.15) is 0 Å². The third-order valence-corrected chi connectivity index (χ3v) is 2.95. The van der Waals surface area contributed by atoms with Crippen LogP contribution in [0.25, 0.3) is 0 Å². The van der Waals surface area contributed by atoms with Crippen LogP contribution in [0.5, 0.6) is 0 Å². The van der Waals surface area contributed by atoms with Gasteiger partial charge in [0.25, 0.3) is 0 Å². The number of pyridine rings is 1. The molecule has 0 aliphatic rings. The number of aliphatic imine (C=N–C) groups is 1. The Morgan fingerprint density at radius 1 is 1.29 bits per heavy atom. The SMILES string of the molecule is CCNC(=NCc1ccccn1)NCc1nc(C)c(C)o1. The number of guanidine groups is 1. The summed E-state index contributed by atoms with van der Waals surface area (Å²) in [6, 6.07) is 5.80. The van der Waals surface area contributed by atoms with Crippen molar-refractivity contribution >= 4 is 5.96 Å². The molecular weight excluding hydrogens is 266 g/mol. The molecule has 21 heavy (non-hydrogen) atoms. The van der Waals surface area contributed by atoms with Crippen molar-refractivity contribution in [1.29, 1.82) is 0 Å². The quantitative estimate of drug-likeness (QED) is 0.649. The van der Waals surface area contributed by atoms with E-state index in [9.17, 15) is 0 Å². The number of aromatic nitrogens is 2. The maximum Gasteiger partial charge on any atom is 0.214 e. The number of nitrogens with zero attached hydrogens (tertiary/aromatic N) is 3. The fraction of sp³-hybridized carbons (Fsp3) is 0.400. The van der Waals surface area contributed by atoms with E-state index < -0.39 is 0 Å². The molecule has 0 aromatic carbocycles. The zero-order valence-corrected chi connectivity index (χ0v) is 12.7. The van der Waals surface area contributed by atoms with Gasteiger partial charge in [-0.3, -0.25) is 4.98 Å². The Bertz CT molecular complexity index is 572. The van der Waals surface area contributed by atoms with Crippen LogP contribution in [0.3, 0.4) is 0 Å². The second kappa shape index (κ2) is 7.42. The van der Waals surface area contributed by atoms with Crippen molar-refractivity contribution in [2.45, 2.75) is 33.9 Å². The number of hydrogen-bond acceptors (Lipinski definition) is 4. The van der Waals surface area contributed by atoms with E-state index in [2.05, 4.69) is 25.6 Å². The average Bonchev–Trinajstić information content (AvgIpc) is 2.82. The molecule has 0 bridgehead atoms. The number of oxazole rings is 1. The second-order valence-electron chi connectivity index (χ2n) is 4.62. The van der Waals surface area contributed by atoms with Gasteiger partial charge >= 0.3 is 0 Å². The lowest BCUT2D eigenvalue weighted by molar-refractivity contribution is 0.463. The summed E-state index contributed by atoms with van der Waals surface area (Å²) < 4.78 is 5.54. The molecule has 2 aromatic heterocycles. The maximum atomic E-state index is 5.54. The Balaban J connectivity index is 1.95. The molecule has 0 fully saturated rings. The highest BCUT2D eigenvalue weighted by Crippen LogP contribution is 2.07. The summed E-state index contributed by atoms with van der Waals surface area (Å²) in [4.78, 5) is 13.1. The van der Waals surface area contributed by atoms with Crippen LogP contribution in [0.4, 0.5) is 0 Å². The van der Waals surface area contributed by atoms with E-state index >= 15 is 0 Å². The van der Waals surface area contributed by atoms with Crippen LogP contribution in [0.1, 0.15) is 30.0 Å². The summed E-state index contributed by atoms with van der Waals surface area (Å²) in [6.07, 6.45) is 1.77. The van der Waals surface area contributed by atoms with Gasteiger partial charge in [-0.05, 0) is 32.9 Å². The first-order chi connectivity index (χ1) is 10.2. The van der Waals surface area contributed by atoms with Gasteiger partial charge in [-0.15, -0.1) is 0 Å². The van der Waals surface area contributed by atoms with Gasteiger partial charge in [0.1, 0.15) is 5.76 Å². The van der Waals surface area contributed by atoms with Gasteiger partial charge in [0, 0.05) is 12.7 Å². The Kier molecular flexibility index (Phi) is 5.31. The van der Waals surface area contributed by atoms with E-state index in [1.807, 2.05) is 39.0 Å². The van der Waals surface area contributed by atoms with Crippen LogP contribution >= 0.6 is 0 Å². The normalized spacial score (nSPS) is 11.5. The summed E-state index contributed by atoms with van der Waals surface area (Å²) >= 11 is 0. The van der Waals surface area contributed by atoms with Crippen LogP contribution in [-0.4, -0.2) is 22.5 Å². The van der Waals surface area contributed by atoms with E-state index in [1.54, 1.807) is 6.20 Å². The predicted molar refractivity (Wildman–Crippen MR) is 81.9 cm³/mol. The first kappa shape index (κ1) is 15.0. The van der Waals surface area contributed by atoms with Crippen LogP contribution in [0, 0.1) is 13.8 Å². The highest BCUT2D eigenvalue weighted by Gasteiger charge is 2.06. The summed E-state index contributed by atoms with van der Waals surface area (Å²) in [5.41, 5.74) is 1.85. The molecule has 0 aliphatic heterocycles. The molecule has 0 saturated carbocycles. The Morgan fingerprint density at radius 2 is 2.14 bits per heavy atom.